The molecule has 1 saturated carbocycles. The van der Waals surface area contributed by atoms with Crippen LogP contribution in [0.15, 0.2) is 24.3 Å². The summed E-state index contributed by atoms with van der Waals surface area (Å²) in [6, 6.07) is 4.65. The predicted molar refractivity (Wildman–Crippen MR) is 59.2 cm³/mol. The molecule has 0 heterocycles. The molecule has 0 amide bonds. The Morgan fingerprint density at radius 1 is 1.33 bits per heavy atom. The lowest BCUT2D eigenvalue weighted by atomic mass is 9.73. The molecule has 0 spiro atoms. The van der Waals surface area contributed by atoms with E-state index in [1.165, 1.54) is 12.1 Å². The number of alkyl halides is 3. The van der Waals surface area contributed by atoms with Gasteiger partial charge in [-0.1, -0.05) is 24.6 Å². The Kier molecular flexibility index (Phi) is 3.32. The summed E-state index contributed by atoms with van der Waals surface area (Å²) >= 11 is 0. The van der Waals surface area contributed by atoms with Gasteiger partial charge < -0.3 is 5.11 Å². The lowest BCUT2D eigenvalue weighted by molar-refractivity contribution is -0.142. The highest BCUT2D eigenvalue weighted by Crippen LogP contribution is 2.40. The minimum Gasteiger partial charge on any atom is -0.481 e. The third kappa shape index (κ3) is 2.49. The van der Waals surface area contributed by atoms with Gasteiger partial charge in [-0.25, -0.2) is 0 Å². The van der Waals surface area contributed by atoms with Crippen molar-refractivity contribution in [3.63, 3.8) is 0 Å². The zero-order valence-electron chi connectivity index (χ0n) is 9.57. The van der Waals surface area contributed by atoms with Crippen molar-refractivity contribution in [1.29, 1.82) is 0 Å². The van der Waals surface area contributed by atoms with Crippen LogP contribution in [0, 0.1) is 5.92 Å². The van der Waals surface area contributed by atoms with Gasteiger partial charge in [0.2, 0.25) is 0 Å². The molecule has 2 nitrogen and oxygen atoms in total. The van der Waals surface area contributed by atoms with Gasteiger partial charge in [0.15, 0.2) is 0 Å². The lowest BCUT2D eigenvalue weighted by Crippen LogP contribution is -2.27. The predicted octanol–water partition coefficient (Wildman–Crippen LogP) is 3.67. The van der Waals surface area contributed by atoms with Gasteiger partial charge in [-0.15, -0.1) is 0 Å². The number of rotatable bonds is 3. The van der Waals surface area contributed by atoms with E-state index in [0.29, 0.717) is 0 Å². The first-order chi connectivity index (χ1) is 8.39. The van der Waals surface area contributed by atoms with Gasteiger partial charge in [-0.05, 0) is 30.4 Å². The van der Waals surface area contributed by atoms with Gasteiger partial charge in [-0.3, -0.25) is 4.79 Å². The van der Waals surface area contributed by atoms with E-state index in [1.807, 2.05) is 0 Å². The van der Waals surface area contributed by atoms with Crippen molar-refractivity contribution in [2.75, 3.05) is 0 Å². The van der Waals surface area contributed by atoms with E-state index in [9.17, 15) is 23.1 Å². The van der Waals surface area contributed by atoms with Crippen molar-refractivity contribution < 1.29 is 23.1 Å². The van der Waals surface area contributed by atoms with Crippen molar-refractivity contribution in [2.24, 2.45) is 5.92 Å². The molecule has 0 aromatic heterocycles. The summed E-state index contributed by atoms with van der Waals surface area (Å²) in [6.45, 7) is 0. The van der Waals surface area contributed by atoms with E-state index in [2.05, 4.69) is 0 Å². The van der Waals surface area contributed by atoms with Gasteiger partial charge in [0.1, 0.15) is 0 Å². The molecule has 1 aromatic rings. The maximum atomic E-state index is 12.6. The molecular weight excluding hydrogens is 245 g/mol. The molecular formula is C13H13F3O2. The van der Waals surface area contributed by atoms with Crippen LogP contribution >= 0.6 is 0 Å². The zero-order valence-corrected chi connectivity index (χ0v) is 9.57. The number of benzene rings is 1. The number of hydrogen-bond donors (Lipinski definition) is 1. The van der Waals surface area contributed by atoms with Crippen LogP contribution in [0.4, 0.5) is 13.2 Å². The van der Waals surface area contributed by atoms with Gasteiger partial charge in [0.05, 0.1) is 11.5 Å². The average molecular weight is 258 g/mol. The van der Waals surface area contributed by atoms with Crippen LogP contribution in [-0.2, 0) is 11.0 Å². The monoisotopic (exact) mass is 258 g/mol. The molecule has 1 atom stereocenters. The minimum atomic E-state index is -4.43. The Labute approximate surface area is 102 Å². The molecule has 1 aliphatic rings. The highest BCUT2D eigenvalue weighted by molar-refractivity contribution is 5.76. The van der Waals surface area contributed by atoms with Crippen molar-refractivity contribution in [3.8, 4) is 0 Å². The van der Waals surface area contributed by atoms with Gasteiger partial charge in [0.25, 0.3) is 0 Å². The summed E-state index contributed by atoms with van der Waals surface area (Å²) in [6.07, 6.45) is -1.94. The molecule has 5 heteroatoms. The Balaban J connectivity index is 2.33. The SMILES string of the molecule is O=C(O)C(c1cccc(C(F)(F)F)c1)C1CCC1. The van der Waals surface area contributed by atoms with Crippen molar-refractivity contribution in [3.05, 3.63) is 35.4 Å². The number of halogens is 3. The topological polar surface area (TPSA) is 37.3 Å². The number of carboxylic acids is 1. The Morgan fingerprint density at radius 2 is 2.00 bits per heavy atom. The van der Waals surface area contributed by atoms with Crippen molar-refractivity contribution in [2.45, 2.75) is 31.4 Å². The Bertz CT molecular complexity index is 450. The van der Waals surface area contributed by atoms with Crippen LogP contribution in [0.2, 0.25) is 0 Å². The molecule has 0 bridgehead atoms. The van der Waals surface area contributed by atoms with Crippen LogP contribution in [0.5, 0.6) is 0 Å². The van der Waals surface area contributed by atoms with Gasteiger partial charge >= 0.3 is 12.1 Å². The highest BCUT2D eigenvalue weighted by Gasteiger charge is 2.36. The molecule has 18 heavy (non-hydrogen) atoms. The third-order valence-corrected chi connectivity index (χ3v) is 3.46. The van der Waals surface area contributed by atoms with E-state index in [4.69, 9.17) is 0 Å². The van der Waals surface area contributed by atoms with E-state index in [0.717, 1.165) is 31.4 Å². The van der Waals surface area contributed by atoms with Crippen LogP contribution in [0.1, 0.15) is 36.3 Å². The first-order valence-electron chi connectivity index (χ1n) is 5.79. The fourth-order valence-corrected chi connectivity index (χ4v) is 2.30. The molecule has 1 aliphatic carbocycles. The molecule has 98 valence electrons. The van der Waals surface area contributed by atoms with E-state index >= 15 is 0 Å². The smallest absolute Gasteiger partial charge is 0.416 e. The second-order valence-electron chi connectivity index (χ2n) is 4.63. The highest BCUT2D eigenvalue weighted by atomic mass is 19.4. The zero-order chi connectivity index (χ0) is 13.3. The van der Waals surface area contributed by atoms with E-state index < -0.39 is 23.6 Å². The minimum absolute atomic E-state index is 0.0361. The number of hydrogen-bond acceptors (Lipinski definition) is 1. The maximum Gasteiger partial charge on any atom is 0.416 e. The average Bonchev–Trinajstić information content (AvgIpc) is 2.21. The van der Waals surface area contributed by atoms with Crippen LogP contribution in [0.3, 0.4) is 0 Å². The molecule has 2 rings (SSSR count). The number of aliphatic carboxylic acids is 1. The number of carboxylic acid groups (broad SMARTS) is 1. The van der Waals surface area contributed by atoms with Crippen LogP contribution < -0.4 is 0 Å². The van der Waals surface area contributed by atoms with E-state index in [-0.39, 0.29) is 11.5 Å². The molecule has 1 aromatic carbocycles. The molecule has 1 unspecified atom stereocenters. The quantitative estimate of drug-likeness (QED) is 0.898. The largest absolute Gasteiger partial charge is 0.481 e. The summed E-state index contributed by atoms with van der Waals surface area (Å²) in [5, 5.41) is 9.17. The summed E-state index contributed by atoms with van der Waals surface area (Å²) < 4.78 is 37.7. The lowest BCUT2D eigenvalue weighted by Gasteiger charge is -2.31. The standard InChI is InChI=1S/C13H13F3O2/c14-13(15,16)10-6-2-5-9(7-10)11(12(17)18)8-3-1-4-8/h2,5-8,11H,1,3-4H2,(H,17,18). The van der Waals surface area contributed by atoms with E-state index in [1.54, 1.807) is 0 Å². The first-order valence-corrected chi connectivity index (χ1v) is 5.79. The van der Waals surface area contributed by atoms with Crippen LogP contribution in [-0.4, -0.2) is 11.1 Å². The normalized spacial score (nSPS) is 18.2. The van der Waals surface area contributed by atoms with Crippen molar-refractivity contribution >= 4 is 5.97 Å². The Morgan fingerprint density at radius 3 is 2.44 bits per heavy atom. The van der Waals surface area contributed by atoms with Crippen molar-refractivity contribution in [1.82, 2.24) is 0 Å². The molecule has 1 N–H and O–H groups in total. The molecule has 1 fully saturated rings. The summed E-state index contributed by atoms with van der Waals surface area (Å²) in [7, 11) is 0. The molecule has 0 saturated heterocycles. The fourth-order valence-electron chi connectivity index (χ4n) is 2.30. The molecule has 0 aliphatic heterocycles. The molecule has 0 radical (unpaired) electrons. The van der Waals surface area contributed by atoms with Gasteiger partial charge in [0, 0.05) is 0 Å². The fraction of sp³-hybridized carbons (Fsp3) is 0.462. The summed E-state index contributed by atoms with van der Waals surface area (Å²) in [5.41, 5.74) is -0.535. The second-order valence-corrected chi connectivity index (χ2v) is 4.63. The summed E-state index contributed by atoms with van der Waals surface area (Å²) in [5.74, 6) is -1.90. The Hall–Kier alpha value is -1.52. The maximum absolute atomic E-state index is 12.6. The van der Waals surface area contributed by atoms with Gasteiger partial charge in [-0.2, -0.15) is 13.2 Å². The number of carbonyl (C=O) groups is 1. The second kappa shape index (κ2) is 4.63. The third-order valence-electron chi connectivity index (χ3n) is 3.46. The first kappa shape index (κ1) is 12.9. The summed E-state index contributed by atoms with van der Waals surface area (Å²) in [4.78, 5) is 11.2. The van der Waals surface area contributed by atoms with Crippen LogP contribution in [0.25, 0.3) is 0 Å².